The van der Waals surface area contributed by atoms with Gasteiger partial charge in [-0.05, 0) is 23.8 Å². The van der Waals surface area contributed by atoms with E-state index in [9.17, 15) is 9.59 Å². The van der Waals surface area contributed by atoms with E-state index in [2.05, 4.69) is 15.4 Å². The van der Waals surface area contributed by atoms with Gasteiger partial charge in [-0.2, -0.15) is 5.10 Å². The number of aliphatic imine (C=N–C) groups is 1. The molecule has 9 heteroatoms. The van der Waals surface area contributed by atoms with Crippen LogP contribution >= 0.6 is 0 Å². The first-order valence-electron chi connectivity index (χ1n) is 7.89. The Labute approximate surface area is 151 Å². The van der Waals surface area contributed by atoms with Crippen LogP contribution in [0.5, 0.6) is 0 Å². The number of nitrogens with one attached hydrogen (secondary N) is 1. The van der Waals surface area contributed by atoms with Crippen molar-refractivity contribution in [2.24, 2.45) is 17.8 Å². The molecule has 0 radical (unpaired) electrons. The molecule has 26 heavy (non-hydrogen) atoms. The molecule has 4 N–H and O–H groups in total. The number of benzene rings is 1. The maximum absolute atomic E-state index is 12.2. The smallest absolute Gasteiger partial charge is 0.276 e. The molecule has 2 heterocycles. The zero-order valence-corrected chi connectivity index (χ0v) is 14.9. The highest BCUT2D eigenvalue weighted by Crippen LogP contribution is 2.27. The van der Waals surface area contributed by atoms with Gasteiger partial charge in [-0.15, -0.1) is 0 Å². The third-order valence-corrected chi connectivity index (χ3v) is 3.85. The largest absolute Gasteiger partial charge is 0.400 e. The summed E-state index contributed by atoms with van der Waals surface area (Å²) in [6.45, 7) is 0. The van der Waals surface area contributed by atoms with Crippen LogP contribution in [0.3, 0.4) is 0 Å². The predicted molar refractivity (Wildman–Crippen MR) is 97.5 cm³/mol. The van der Waals surface area contributed by atoms with E-state index < -0.39 is 0 Å². The van der Waals surface area contributed by atoms with E-state index in [4.69, 9.17) is 10.8 Å². The Morgan fingerprint density at radius 3 is 2.65 bits per heavy atom. The summed E-state index contributed by atoms with van der Waals surface area (Å²) in [6, 6.07) is 8.52. The maximum atomic E-state index is 12.2. The Hall–Kier alpha value is -3.20. The first kappa shape index (κ1) is 19.1. The quantitative estimate of drug-likeness (QED) is 0.736. The number of aryl methyl sites for hydroxylation is 1. The molecule has 1 aliphatic rings. The van der Waals surface area contributed by atoms with Gasteiger partial charge in [0.2, 0.25) is 5.91 Å². The van der Waals surface area contributed by atoms with Crippen LogP contribution in [0, 0.1) is 0 Å². The van der Waals surface area contributed by atoms with Gasteiger partial charge in [0.25, 0.3) is 5.91 Å². The van der Waals surface area contributed by atoms with Crippen LogP contribution < -0.4 is 11.1 Å². The van der Waals surface area contributed by atoms with Crippen LogP contribution in [-0.4, -0.2) is 51.7 Å². The Morgan fingerprint density at radius 2 is 2.04 bits per heavy atom. The first-order valence-corrected chi connectivity index (χ1v) is 7.89. The third kappa shape index (κ3) is 4.25. The van der Waals surface area contributed by atoms with Gasteiger partial charge in [0.15, 0.2) is 11.7 Å². The number of anilines is 1. The van der Waals surface area contributed by atoms with Gasteiger partial charge in [-0.25, -0.2) is 4.99 Å². The number of hydrogen-bond acceptors (Lipinski definition) is 6. The van der Waals surface area contributed by atoms with Crippen LogP contribution in [0.15, 0.2) is 41.5 Å². The highest BCUT2D eigenvalue weighted by atomic mass is 16.2. The lowest BCUT2D eigenvalue weighted by Crippen LogP contribution is -2.42. The van der Waals surface area contributed by atoms with Crippen LogP contribution in [0.25, 0.3) is 0 Å². The van der Waals surface area contributed by atoms with E-state index >= 15 is 0 Å². The number of aromatic nitrogens is 2. The number of nitrogens with two attached hydrogens (primary N) is 1. The fraction of sp³-hybridized carbons (Fsp3) is 0.294. The van der Waals surface area contributed by atoms with Crippen molar-refractivity contribution < 1.29 is 14.7 Å². The molecule has 0 aliphatic carbocycles. The fourth-order valence-electron chi connectivity index (χ4n) is 2.47. The van der Waals surface area contributed by atoms with Crippen molar-refractivity contribution in [1.82, 2.24) is 14.7 Å². The number of nitrogens with zero attached hydrogens (tertiary/aromatic N) is 4. The minimum Gasteiger partial charge on any atom is -0.400 e. The number of carbonyl (C=O) groups excluding carboxylic acids is 2. The van der Waals surface area contributed by atoms with E-state index in [1.165, 1.54) is 4.90 Å². The average molecular weight is 358 g/mol. The fourth-order valence-corrected chi connectivity index (χ4v) is 2.47. The molecule has 1 aliphatic heterocycles. The number of amides is 2. The molecule has 0 saturated heterocycles. The number of hydrogen-bond donors (Lipinski definition) is 3. The van der Waals surface area contributed by atoms with Crippen LogP contribution in [-0.2, 0) is 11.8 Å². The van der Waals surface area contributed by atoms with Crippen LogP contribution in [0.2, 0.25) is 0 Å². The van der Waals surface area contributed by atoms with Crippen molar-refractivity contribution in [2.45, 2.75) is 12.5 Å². The Kier molecular flexibility index (Phi) is 6.07. The van der Waals surface area contributed by atoms with Crippen molar-refractivity contribution in [2.75, 3.05) is 19.5 Å². The number of aliphatic hydroxyl groups is 1. The summed E-state index contributed by atoms with van der Waals surface area (Å²) >= 11 is 0. The Balaban J connectivity index is 0.00000117. The molecule has 1 unspecified atom stereocenters. The summed E-state index contributed by atoms with van der Waals surface area (Å²) in [6.07, 6.45) is 1.95. The second-order valence-corrected chi connectivity index (χ2v) is 5.61. The molecule has 1 atom stereocenters. The molecule has 2 amide bonds. The highest BCUT2D eigenvalue weighted by molar-refractivity contribution is 6.03. The van der Waals surface area contributed by atoms with Gasteiger partial charge in [-0.1, -0.05) is 12.1 Å². The molecule has 0 bridgehead atoms. The molecule has 0 spiro atoms. The van der Waals surface area contributed by atoms with E-state index in [0.29, 0.717) is 11.4 Å². The van der Waals surface area contributed by atoms with Crippen molar-refractivity contribution in [1.29, 1.82) is 0 Å². The molecule has 0 fully saturated rings. The SMILES string of the molecule is CN1C(=O)CC(c2cccc(NC(=O)c3ccn(C)n3)c2)N=C1N.CO. The molecular formula is C17H22N6O3. The molecule has 1 aromatic heterocycles. The molecular weight excluding hydrogens is 336 g/mol. The number of aliphatic hydroxyl groups excluding tert-OH is 1. The standard InChI is InChI=1S/C16H18N6O2.CH4O/c1-21-7-6-12(20-21)15(24)18-11-5-3-4-10(8-11)13-9-14(23)22(2)16(17)19-13;1-2/h3-8,13H,9H2,1-2H3,(H2,17,19)(H,18,24);2H,1H3. The summed E-state index contributed by atoms with van der Waals surface area (Å²) in [5.41, 5.74) is 7.53. The van der Waals surface area contributed by atoms with Crippen LogP contribution in [0.4, 0.5) is 5.69 Å². The van der Waals surface area contributed by atoms with Gasteiger partial charge in [0.05, 0.1) is 12.5 Å². The minimum absolute atomic E-state index is 0.0876. The first-order chi connectivity index (χ1) is 12.4. The van der Waals surface area contributed by atoms with Gasteiger partial charge in [0, 0.05) is 33.1 Å². The van der Waals surface area contributed by atoms with E-state index in [-0.39, 0.29) is 30.2 Å². The topological polar surface area (TPSA) is 126 Å². The van der Waals surface area contributed by atoms with Crippen molar-refractivity contribution in [3.05, 3.63) is 47.8 Å². The van der Waals surface area contributed by atoms with E-state index in [0.717, 1.165) is 12.7 Å². The normalized spacial score (nSPS) is 16.5. The summed E-state index contributed by atoms with van der Waals surface area (Å²) in [5.74, 6) is -0.190. The molecule has 9 nitrogen and oxygen atoms in total. The zero-order chi connectivity index (χ0) is 19.3. The lowest BCUT2D eigenvalue weighted by atomic mass is 10.0. The lowest BCUT2D eigenvalue weighted by molar-refractivity contribution is -0.127. The minimum atomic E-state index is -0.347. The van der Waals surface area contributed by atoms with Gasteiger partial charge in [0.1, 0.15) is 0 Å². The predicted octanol–water partition coefficient (Wildman–Crippen LogP) is 0.499. The van der Waals surface area contributed by atoms with Gasteiger partial charge >= 0.3 is 0 Å². The van der Waals surface area contributed by atoms with Crippen molar-refractivity contribution in [3.8, 4) is 0 Å². The Bertz CT molecular complexity index is 829. The van der Waals surface area contributed by atoms with Gasteiger partial charge < -0.3 is 16.2 Å². The monoisotopic (exact) mass is 358 g/mol. The number of rotatable bonds is 3. The van der Waals surface area contributed by atoms with Crippen molar-refractivity contribution in [3.63, 3.8) is 0 Å². The maximum Gasteiger partial charge on any atom is 0.276 e. The number of guanidine groups is 1. The van der Waals surface area contributed by atoms with Gasteiger partial charge in [-0.3, -0.25) is 19.2 Å². The third-order valence-electron chi connectivity index (χ3n) is 3.85. The summed E-state index contributed by atoms with van der Waals surface area (Å²) in [4.78, 5) is 29.8. The number of carbonyl (C=O) groups is 2. The molecule has 138 valence electrons. The van der Waals surface area contributed by atoms with Crippen LogP contribution in [0.1, 0.15) is 28.5 Å². The molecule has 2 aromatic rings. The Morgan fingerprint density at radius 1 is 1.31 bits per heavy atom. The second-order valence-electron chi connectivity index (χ2n) is 5.61. The lowest BCUT2D eigenvalue weighted by Gasteiger charge is -2.25. The highest BCUT2D eigenvalue weighted by Gasteiger charge is 2.25. The van der Waals surface area contributed by atoms with Crippen molar-refractivity contribution >= 4 is 23.5 Å². The summed E-state index contributed by atoms with van der Waals surface area (Å²) < 4.78 is 1.56. The van der Waals surface area contributed by atoms with E-state index in [1.54, 1.807) is 49.2 Å². The van der Waals surface area contributed by atoms with E-state index in [1.807, 2.05) is 6.07 Å². The second kappa shape index (κ2) is 8.26. The average Bonchev–Trinajstić information content (AvgIpc) is 3.08. The molecule has 3 rings (SSSR count). The summed E-state index contributed by atoms with van der Waals surface area (Å²) in [5, 5.41) is 13.9. The zero-order valence-electron chi connectivity index (χ0n) is 14.9. The molecule has 1 aromatic carbocycles. The molecule has 0 saturated carbocycles. The summed E-state index contributed by atoms with van der Waals surface area (Å²) in [7, 11) is 4.35.